The Kier molecular flexibility index (Phi) is 4.01. The van der Waals surface area contributed by atoms with Crippen molar-refractivity contribution >= 4 is 33.2 Å². The van der Waals surface area contributed by atoms with Crippen LogP contribution < -0.4 is 11.1 Å². The summed E-state index contributed by atoms with van der Waals surface area (Å²) in [5.41, 5.74) is 6.78. The number of carbonyl (C=O) groups is 1. The Morgan fingerprint density at radius 3 is 2.70 bits per heavy atom. The number of nitrogens with zero attached hydrogens (tertiary/aromatic N) is 1. The third kappa shape index (κ3) is 2.95. The van der Waals surface area contributed by atoms with E-state index in [0.29, 0.717) is 21.4 Å². The molecule has 0 aliphatic heterocycles. The molecule has 0 heterocycles. The average molecular weight is 334 g/mol. The topological polar surface area (TPSA) is 78.9 Å². The first-order chi connectivity index (χ1) is 9.51. The van der Waals surface area contributed by atoms with Crippen LogP contribution in [-0.2, 0) is 0 Å². The number of anilines is 2. The lowest BCUT2D eigenvalue weighted by atomic mass is 10.1. The third-order valence-electron chi connectivity index (χ3n) is 2.61. The van der Waals surface area contributed by atoms with E-state index >= 15 is 0 Å². The van der Waals surface area contributed by atoms with Crippen LogP contribution in [0.5, 0.6) is 0 Å². The van der Waals surface area contributed by atoms with Gasteiger partial charge >= 0.3 is 0 Å². The van der Waals surface area contributed by atoms with Gasteiger partial charge in [-0.3, -0.25) is 4.79 Å². The summed E-state index contributed by atoms with van der Waals surface area (Å²) in [6.07, 6.45) is 0. The van der Waals surface area contributed by atoms with Crippen LogP contribution in [0.3, 0.4) is 0 Å². The second-order valence-corrected chi connectivity index (χ2v) is 4.85. The summed E-state index contributed by atoms with van der Waals surface area (Å²) >= 11 is 3.23. The van der Waals surface area contributed by atoms with E-state index < -0.39 is 5.82 Å². The Labute approximate surface area is 123 Å². The van der Waals surface area contributed by atoms with Crippen LogP contribution in [0.15, 0.2) is 40.9 Å². The van der Waals surface area contributed by atoms with Crippen LogP contribution in [0.1, 0.15) is 15.9 Å². The Bertz CT molecular complexity index is 725. The number of nitriles is 1. The van der Waals surface area contributed by atoms with E-state index in [1.807, 2.05) is 0 Å². The number of rotatable bonds is 2. The summed E-state index contributed by atoms with van der Waals surface area (Å²) in [6.45, 7) is 0. The number of nitrogens with one attached hydrogen (secondary N) is 1. The van der Waals surface area contributed by atoms with Crippen molar-refractivity contribution < 1.29 is 9.18 Å². The van der Waals surface area contributed by atoms with Crippen molar-refractivity contribution in [3.8, 4) is 6.07 Å². The third-order valence-corrected chi connectivity index (χ3v) is 3.29. The number of nitrogens with two attached hydrogens (primary N) is 1. The normalized spacial score (nSPS) is 9.85. The minimum atomic E-state index is -0.624. The van der Waals surface area contributed by atoms with Gasteiger partial charge in [0, 0.05) is 21.4 Å². The first kappa shape index (κ1) is 14.0. The molecule has 0 bridgehead atoms. The number of halogens is 2. The molecule has 0 saturated heterocycles. The second kappa shape index (κ2) is 5.72. The molecule has 0 fully saturated rings. The van der Waals surface area contributed by atoms with Crippen molar-refractivity contribution in [2.45, 2.75) is 0 Å². The van der Waals surface area contributed by atoms with E-state index in [4.69, 9.17) is 11.0 Å². The molecule has 2 rings (SSSR count). The number of carbonyl (C=O) groups excluding carboxylic acids is 1. The molecule has 3 N–H and O–H groups in total. The van der Waals surface area contributed by atoms with Gasteiger partial charge in [0.2, 0.25) is 0 Å². The fourth-order valence-corrected chi connectivity index (χ4v) is 1.94. The SMILES string of the molecule is N#Cc1cc(NC(=O)c2ccc(N)c(Br)c2)ccc1F. The standard InChI is InChI=1S/C14H9BrFN3O/c15-11-6-8(1-4-13(11)18)14(20)19-10-2-3-12(16)9(5-10)7-17/h1-6H,18H2,(H,19,20). The highest BCUT2D eigenvalue weighted by molar-refractivity contribution is 9.10. The lowest BCUT2D eigenvalue weighted by Gasteiger charge is -2.07. The van der Waals surface area contributed by atoms with E-state index in [0.717, 1.165) is 6.07 Å². The van der Waals surface area contributed by atoms with Crippen LogP contribution in [0.4, 0.5) is 15.8 Å². The van der Waals surface area contributed by atoms with Crippen LogP contribution in [-0.4, -0.2) is 5.91 Å². The maximum absolute atomic E-state index is 13.2. The molecule has 0 aliphatic carbocycles. The van der Waals surface area contributed by atoms with Crippen molar-refractivity contribution in [1.29, 1.82) is 5.26 Å². The molecule has 0 radical (unpaired) electrons. The highest BCUT2D eigenvalue weighted by Crippen LogP contribution is 2.21. The molecule has 2 aromatic rings. The summed E-state index contributed by atoms with van der Waals surface area (Å²) in [5, 5.41) is 11.3. The summed E-state index contributed by atoms with van der Waals surface area (Å²) in [6, 6.07) is 10.3. The zero-order valence-electron chi connectivity index (χ0n) is 10.2. The molecule has 0 saturated carbocycles. The van der Waals surface area contributed by atoms with Crippen molar-refractivity contribution in [2.75, 3.05) is 11.1 Å². The van der Waals surface area contributed by atoms with Gasteiger partial charge in [-0.2, -0.15) is 5.26 Å². The molecule has 4 nitrogen and oxygen atoms in total. The summed E-state index contributed by atoms with van der Waals surface area (Å²) in [7, 11) is 0. The molecule has 0 aliphatic rings. The number of hydrogen-bond donors (Lipinski definition) is 2. The van der Waals surface area contributed by atoms with Gasteiger partial charge < -0.3 is 11.1 Å². The molecule has 0 unspecified atom stereocenters. The van der Waals surface area contributed by atoms with Crippen molar-refractivity contribution in [3.05, 3.63) is 57.8 Å². The van der Waals surface area contributed by atoms with Gasteiger partial charge in [0.25, 0.3) is 5.91 Å². The number of benzene rings is 2. The van der Waals surface area contributed by atoms with Gasteiger partial charge in [-0.25, -0.2) is 4.39 Å². The number of hydrogen-bond acceptors (Lipinski definition) is 3. The van der Waals surface area contributed by atoms with E-state index in [2.05, 4.69) is 21.2 Å². The Hall–Kier alpha value is -2.39. The zero-order valence-corrected chi connectivity index (χ0v) is 11.7. The van der Waals surface area contributed by atoms with Crippen molar-refractivity contribution in [3.63, 3.8) is 0 Å². The molecular weight excluding hydrogens is 325 g/mol. The van der Waals surface area contributed by atoms with E-state index in [1.54, 1.807) is 24.3 Å². The van der Waals surface area contributed by atoms with Gasteiger partial charge in [0.1, 0.15) is 11.9 Å². The minimum Gasteiger partial charge on any atom is -0.398 e. The smallest absolute Gasteiger partial charge is 0.255 e. The molecule has 20 heavy (non-hydrogen) atoms. The molecule has 2 aromatic carbocycles. The quantitative estimate of drug-likeness (QED) is 0.827. The largest absolute Gasteiger partial charge is 0.398 e. The highest BCUT2D eigenvalue weighted by Gasteiger charge is 2.09. The summed E-state index contributed by atoms with van der Waals surface area (Å²) in [4.78, 5) is 12.0. The Balaban J connectivity index is 2.23. The van der Waals surface area contributed by atoms with Crippen LogP contribution in [0.2, 0.25) is 0 Å². The fraction of sp³-hybridized carbons (Fsp3) is 0. The zero-order chi connectivity index (χ0) is 14.7. The van der Waals surface area contributed by atoms with Gasteiger partial charge in [-0.1, -0.05) is 0 Å². The maximum atomic E-state index is 13.2. The molecule has 0 aromatic heterocycles. The molecule has 100 valence electrons. The Morgan fingerprint density at radius 2 is 2.05 bits per heavy atom. The van der Waals surface area contributed by atoms with Gasteiger partial charge in [0.05, 0.1) is 5.56 Å². The van der Waals surface area contributed by atoms with E-state index in [-0.39, 0.29) is 11.5 Å². The lowest BCUT2D eigenvalue weighted by molar-refractivity contribution is 0.102. The molecular formula is C14H9BrFN3O. The molecule has 1 amide bonds. The highest BCUT2D eigenvalue weighted by atomic mass is 79.9. The molecule has 0 spiro atoms. The lowest BCUT2D eigenvalue weighted by Crippen LogP contribution is -2.12. The monoisotopic (exact) mass is 333 g/mol. The molecule has 0 atom stereocenters. The van der Waals surface area contributed by atoms with Crippen LogP contribution in [0, 0.1) is 17.1 Å². The Morgan fingerprint density at radius 1 is 1.30 bits per heavy atom. The predicted octanol–water partition coefficient (Wildman–Crippen LogP) is 3.29. The first-order valence-corrected chi connectivity index (χ1v) is 6.36. The first-order valence-electron chi connectivity index (χ1n) is 5.57. The fourth-order valence-electron chi connectivity index (χ4n) is 1.56. The van der Waals surface area contributed by atoms with Gasteiger partial charge in [-0.15, -0.1) is 0 Å². The number of amides is 1. The van der Waals surface area contributed by atoms with Crippen molar-refractivity contribution in [1.82, 2.24) is 0 Å². The van der Waals surface area contributed by atoms with Gasteiger partial charge in [0.15, 0.2) is 0 Å². The van der Waals surface area contributed by atoms with Crippen LogP contribution in [0.25, 0.3) is 0 Å². The van der Waals surface area contributed by atoms with Crippen LogP contribution >= 0.6 is 15.9 Å². The summed E-state index contributed by atoms with van der Waals surface area (Å²) < 4.78 is 13.8. The maximum Gasteiger partial charge on any atom is 0.255 e. The number of nitrogen functional groups attached to an aromatic ring is 1. The van der Waals surface area contributed by atoms with Gasteiger partial charge in [-0.05, 0) is 52.3 Å². The predicted molar refractivity (Wildman–Crippen MR) is 77.6 cm³/mol. The average Bonchev–Trinajstić information content (AvgIpc) is 2.43. The van der Waals surface area contributed by atoms with E-state index in [9.17, 15) is 9.18 Å². The second-order valence-electron chi connectivity index (χ2n) is 4.00. The summed E-state index contributed by atoms with van der Waals surface area (Å²) in [5.74, 6) is -0.998. The molecule has 6 heteroatoms. The van der Waals surface area contributed by atoms with E-state index in [1.165, 1.54) is 12.1 Å². The minimum absolute atomic E-state index is 0.124. The van der Waals surface area contributed by atoms with Crippen molar-refractivity contribution in [2.24, 2.45) is 0 Å².